The van der Waals surface area contributed by atoms with E-state index in [1.165, 1.54) is 6.20 Å². The lowest BCUT2D eigenvalue weighted by Gasteiger charge is -1.98. The fourth-order valence-electron chi connectivity index (χ4n) is 1.38. The highest BCUT2D eigenvalue weighted by molar-refractivity contribution is 5.93. The molecule has 4 nitrogen and oxygen atoms in total. The average molecular weight is 237 g/mol. The standard InChI is InChI=1S/C14H11N3O/c15-17-14(18)13-8-12(9-16-10-13)7-6-11-4-2-1-3-5-11/h1-5,8-10H,15H2,(H,17,18). The fourth-order valence-corrected chi connectivity index (χ4v) is 1.38. The highest BCUT2D eigenvalue weighted by atomic mass is 16.2. The molecule has 1 amide bonds. The van der Waals surface area contributed by atoms with Gasteiger partial charge in [0.2, 0.25) is 0 Å². The van der Waals surface area contributed by atoms with Crippen LogP contribution in [-0.4, -0.2) is 10.9 Å². The fraction of sp³-hybridized carbons (Fsp3) is 0. The summed E-state index contributed by atoms with van der Waals surface area (Å²) in [7, 11) is 0. The molecule has 0 unspecified atom stereocenters. The maximum Gasteiger partial charge on any atom is 0.266 e. The zero-order chi connectivity index (χ0) is 12.8. The van der Waals surface area contributed by atoms with Gasteiger partial charge in [0.25, 0.3) is 5.91 Å². The minimum Gasteiger partial charge on any atom is -0.290 e. The van der Waals surface area contributed by atoms with E-state index < -0.39 is 0 Å². The highest BCUT2D eigenvalue weighted by Gasteiger charge is 2.03. The van der Waals surface area contributed by atoms with Gasteiger partial charge in [0.05, 0.1) is 5.56 Å². The van der Waals surface area contributed by atoms with Crippen LogP contribution in [0, 0.1) is 11.8 Å². The predicted octanol–water partition coefficient (Wildman–Crippen LogP) is 1.08. The Balaban J connectivity index is 2.25. The number of nitrogens with zero attached hydrogens (tertiary/aromatic N) is 1. The van der Waals surface area contributed by atoms with E-state index in [2.05, 4.69) is 22.3 Å². The lowest BCUT2D eigenvalue weighted by molar-refractivity contribution is 0.0953. The Morgan fingerprint density at radius 2 is 1.83 bits per heavy atom. The molecule has 1 aromatic carbocycles. The number of rotatable bonds is 1. The molecular weight excluding hydrogens is 226 g/mol. The Labute approximate surface area is 105 Å². The molecular formula is C14H11N3O. The SMILES string of the molecule is NNC(=O)c1cncc(C#Cc2ccccc2)c1. The molecule has 0 aliphatic rings. The van der Waals surface area contributed by atoms with Gasteiger partial charge in [-0.2, -0.15) is 0 Å². The first-order valence-corrected chi connectivity index (χ1v) is 5.32. The van der Waals surface area contributed by atoms with E-state index >= 15 is 0 Å². The van der Waals surface area contributed by atoms with Crippen LogP contribution < -0.4 is 11.3 Å². The Morgan fingerprint density at radius 3 is 2.56 bits per heavy atom. The first-order chi connectivity index (χ1) is 8.79. The lowest BCUT2D eigenvalue weighted by atomic mass is 10.1. The van der Waals surface area contributed by atoms with Gasteiger partial charge in [-0.3, -0.25) is 15.2 Å². The molecule has 88 valence electrons. The van der Waals surface area contributed by atoms with Crippen LogP contribution in [0.4, 0.5) is 0 Å². The molecule has 0 radical (unpaired) electrons. The summed E-state index contributed by atoms with van der Waals surface area (Å²) in [5.41, 5.74) is 4.02. The third-order valence-electron chi connectivity index (χ3n) is 2.26. The van der Waals surface area contributed by atoms with Crippen LogP contribution in [0.15, 0.2) is 48.8 Å². The summed E-state index contributed by atoms with van der Waals surface area (Å²) < 4.78 is 0. The lowest BCUT2D eigenvalue weighted by Crippen LogP contribution is -2.30. The second-order valence-electron chi connectivity index (χ2n) is 3.55. The van der Waals surface area contributed by atoms with Crippen LogP contribution in [-0.2, 0) is 0 Å². The van der Waals surface area contributed by atoms with Crippen molar-refractivity contribution in [3.8, 4) is 11.8 Å². The summed E-state index contributed by atoms with van der Waals surface area (Å²) in [5, 5.41) is 0. The summed E-state index contributed by atoms with van der Waals surface area (Å²) in [4.78, 5) is 15.3. The Kier molecular flexibility index (Phi) is 3.69. The van der Waals surface area contributed by atoms with Crippen LogP contribution in [0.3, 0.4) is 0 Å². The number of nitrogens with one attached hydrogen (secondary N) is 1. The topological polar surface area (TPSA) is 68.0 Å². The largest absolute Gasteiger partial charge is 0.290 e. The molecule has 0 saturated carbocycles. The summed E-state index contributed by atoms with van der Waals surface area (Å²) in [6.07, 6.45) is 3.04. The van der Waals surface area contributed by atoms with Gasteiger partial charge in [-0.25, -0.2) is 5.84 Å². The van der Waals surface area contributed by atoms with E-state index in [-0.39, 0.29) is 5.91 Å². The van der Waals surface area contributed by atoms with Gasteiger partial charge in [-0.05, 0) is 18.2 Å². The number of hydrogen-bond donors (Lipinski definition) is 2. The van der Waals surface area contributed by atoms with Crippen molar-refractivity contribution in [1.29, 1.82) is 0 Å². The molecule has 0 fully saturated rings. The Bertz CT molecular complexity index is 612. The second kappa shape index (κ2) is 5.62. The first-order valence-electron chi connectivity index (χ1n) is 5.32. The smallest absolute Gasteiger partial charge is 0.266 e. The molecule has 0 aliphatic heterocycles. The van der Waals surface area contributed by atoms with E-state index in [1.807, 2.05) is 30.3 Å². The van der Waals surface area contributed by atoms with Crippen LogP contribution in [0.2, 0.25) is 0 Å². The van der Waals surface area contributed by atoms with Crippen LogP contribution in [0.25, 0.3) is 0 Å². The van der Waals surface area contributed by atoms with Crippen molar-refractivity contribution >= 4 is 5.91 Å². The van der Waals surface area contributed by atoms with E-state index in [1.54, 1.807) is 12.3 Å². The van der Waals surface area contributed by atoms with E-state index in [0.29, 0.717) is 11.1 Å². The van der Waals surface area contributed by atoms with Crippen LogP contribution in [0.5, 0.6) is 0 Å². The zero-order valence-corrected chi connectivity index (χ0v) is 9.55. The average Bonchev–Trinajstić information content (AvgIpc) is 2.45. The number of hydrogen-bond acceptors (Lipinski definition) is 3. The summed E-state index contributed by atoms with van der Waals surface area (Å²) in [6, 6.07) is 11.2. The maximum absolute atomic E-state index is 11.3. The zero-order valence-electron chi connectivity index (χ0n) is 9.55. The molecule has 18 heavy (non-hydrogen) atoms. The van der Waals surface area contributed by atoms with Gasteiger partial charge in [-0.15, -0.1) is 0 Å². The summed E-state index contributed by atoms with van der Waals surface area (Å²) >= 11 is 0. The molecule has 4 heteroatoms. The highest BCUT2D eigenvalue weighted by Crippen LogP contribution is 2.02. The van der Waals surface area contributed by atoms with E-state index in [9.17, 15) is 4.79 Å². The van der Waals surface area contributed by atoms with Crippen molar-refractivity contribution in [1.82, 2.24) is 10.4 Å². The van der Waals surface area contributed by atoms with Gasteiger partial charge in [-0.1, -0.05) is 30.0 Å². The molecule has 2 aromatic rings. The molecule has 0 bridgehead atoms. The second-order valence-corrected chi connectivity index (χ2v) is 3.55. The number of carbonyl (C=O) groups is 1. The molecule has 1 aromatic heterocycles. The number of hydrazine groups is 1. The van der Waals surface area contributed by atoms with Gasteiger partial charge in [0.15, 0.2) is 0 Å². The Hall–Kier alpha value is -2.64. The van der Waals surface area contributed by atoms with Crippen LogP contribution >= 0.6 is 0 Å². The maximum atomic E-state index is 11.3. The molecule has 0 aliphatic carbocycles. The van der Waals surface area contributed by atoms with Gasteiger partial charge < -0.3 is 0 Å². The minimum absolute atomic E-state index is 0.383. The van der Waals surface area contributed by atoms with Crippen molar-refractivity contribution in [3.63, 3.8) is 0 Å². The molecule has 0 saturated heterocycles. The van der Waals surface area contributed by atoms with Gasteiger partial charge >= 0.3 is 0 Å². The van der Waals surface area contributed by atoms with Gasteiger partial charge in [0.1, 0.15) is 0 Å². The number of carbonyl (C=O) groups excluding carboxylic acids is 1. The first kappa shape index (κ1) is 11.8. The quantitative estimate of drug-likeness (QED) is 0.337. The molecule has 0 spiro atoms. The van der Waals surface area contributed by atoms with E-state index in [4.69, 9.17) is 5.84 Å². The molecule has 0 atom stereocenters. The third-order valence-corrected chi connectivity index (χ3v) is 2.26. The van der Waals surface area contributed by atoms with E-state index in [0.717, 1.165) is 5.56 Å². The number of nitrogen functional groups attached to an aromatic ring is 1. The van der Waals surface area contributed by atoms with Crippen molar-refractivity contribution in [3.05, 3.63) is 65.5 Å². The molecule has 2 rings (SSSR count). The Morgan fingerprint density at radius 1 is 1.11 bits per heavy atom. The number of nitrogens with two attached hydrogens (primary N) is 1. The van der Waals surface area contributed by atoms with Crippen molar-refractivity contribution in [2.75, 3.05) is 0 Å². The van der Waals surface area contributed by atoms with Crippen LogP contribution in [0.1, 0.15) is 21.5 Å². The third kappa shape index (κ3) is 2.94. The predicted molar refractivity (Wildman–Crippen MR) is 68.3 cm³/mol. The minimum atomic E-state index is -0.383. The van der Waals surface area contributed by atoms with Gasteiger partial charge in [0, 0.05) is 23.5 Å². The summed E-state index contributed by atoms with van der Waals surface area (Å²) in [5.74, 6) is 10.6. The van der Waals surface area contributed by atoms with Crippen molar-refractivity contribution in [2.45, 2.75) is 0 Å². The number of benzene rings is 1. The number of pyridine rings is 1. The molecule has 3 N–H and O–H groups in total. The summed E-state index contributed by atoms with van der Waals surface area (Å²) in [6.45, 7) is 0. The monoisotopic (exact) mass is 237 g/mol. The van der Waals surface area contributed by atoms with Crippen molar-refractivity contribution in [2.24, 2.45) is 5.84 Å². The number of aromatic nitrogens is 1. The van der Waals surface area contributed by atoms with Crippen molar-refractivity contribution < 1.29 is 4.79 Å². The molecule has 1 heterocycles. The number of amides is 1. The normalized spacial score (nSPS) is 9.17.